The Labute approximate surface area is 372 Å². The first-order chi connectivity index (χ1) is 31.7. The highest BCUT2D eigenvalue weighted by Gasteiger charge is 2.25. The summed E-state index contributed by atoms with van der Waals surface area (Å²) in [4.78, 5) is 2.44. The Morgan fingerprint density at radius 3 is 1.62 bits per heavy atom. The van der Waals surface area contributed by atoms with Gasteiger partial charge in [-0.1, -0.05) is 170 Å². The van der Waals surface area contributed by atoms with Crippen LogP contribution in [0, 0.1) is 6.92 Å². The van der Waals surface area contributed by atoms with E-state index in [1.165, 1.54) is 55.2 Å². The summed E-state index contributed by atoms with van der Waals surface area (Å²) < 4.78 is 9.40. The summed E-state index contributed by atoms with van der Waals surface area (Å²) in [7, 11) is 0. The van der Waals surface area contributed by atoms with Crippen LogP contribution in [0.3, 0.4) is 0 Å². The van der Waals surface area contributed by atoms with E-state index in [4.69, 9.17) is 4.42 Å². The van der Waals surface area contributed by atoms with E-state index in [1.807, 2.05) is 0 Å². The van der Waals surface area contributed by atoms with Gasteiger partial charge in [0.2, 0.25) is 0 Å². The maximum atomic E-state index is 7.02. The van der Waals surface area contributed by atoms with Gasteiger partial charge in [0, 0.05) is 38.8 Å². The van der Waals surface area contributed by atoms with Crippen LogP contribution >= 0.6 is 0 Å². The van der Waals surface area contributed by atoms with Crippen molar-refractivity contribution in [2.45, 2.75) is 6.92 Å². The van der Waals surface area contributed by atoms with Crippen molar-refractivity contribution in [1.82, 2.24) is 4.57 Å². The number of aromatic nitrogens is 1. The minimum atomic E-state index is 0.852. The summed E-state index contributed by atoms with van der Waals surface area (Å²) in [6.07, 6.45) is 0. The third-order valence-corrected chi connectivity index (χ3v) is 12.7. The maximum Gasteiger partial charge on any atom is 0.145 e. The van der Waals surface area contributed by atoms with E-state index >= 15 is 0 Å². The second kappa shape index (κ2) is 15.5. The Morgan fingerprint density at radius 2 is 0.938 bits per heavy atom. The van der Waals surface area contributed by atoms with Crippen LogP contribution in [-0.2, 0) is 0 Å². The van der Waals surface area contributed by atoms with E-state index in [1.54, 1.807) is 0 Å². The molecule has 302 valence electrons. The van der Waals surface area contributed by atoms with Gasteiger partial charge in [0.25, 0.3) is 0 Å². The van der Waals surface area contributed by atoms with Crippen LogP contribution in [0.1, 0.15) is 5.56 Å². The first kappa shape index (κ1) is 37.4. The zero-order valence-corrected chi connectivity index (χ0v) is 35.3. The van der Waals surface area contributed by atoms with E-state index in [9.17, 15) is 0 Å². The molecule has 0 aliphatic carbocycles. The molecule has 12 rings (SSSR count). The van der Waals surface area contributed by atoms with Gasteiger partial charge in [-0.3, -0.25) is 0 Å². The number of nitrogens with zero attached hydrogens (tertiary/aromatic N) is 2. The Hall–Kier alpha value is -8.40. The Morgan fingerprint density at radius 1 is 0.375 bits per heavy atom. The van der Waals surface area contributed by atoms with Gasteiger partial charge in [-0.25, -0.2) is 0 Å². The van der Waals surface area contributed by atoms with Crippen molar-refractivity contribution in [2.75, 3.05) is 4.90 Å². The second-order valence-electron chi connectivity index (χ2n) is 16.5. The summed E-state index contributed by atoms with van der Waals surface area (Å²) in [5, 5.41) is 4.62. The second-order valence-corrected chi connectivity index (χ2v) is 16.5. The molecule has 0 unspecified atom stereocenters. The van der Waals surface area contributed by atoms with E-state index in [0.29, 0.717) is 0 Å². The number of hydrogen-bond acceptors (Lipinski definition) is 2. The average Bonchev–Trinajstić information content (AvgIpc) is 3.92. The lowest BCUT2D eigenvalue weighted by Gasteiger charge is -2.29. The van der Waals surface area contributed by atoms with Crippen molar-refractivity contribution in [3.05, 3.63) is 242 Å². The third kappa shape index (κ3) is 6.29. The first-order valence-electron chi connectivity index (χ1n) is 21.9. The summed E-state index contributed by atoms with van der Waals surface area (Å²) in [5.74, 6) is 0. The Balaban J connectivity index is 1.10. The maximum absolute atomic E-state index is 7.02. The number of aryl methyl sites for hydroxylation is 1. The minimum Gasteiger partial charge on any atom is -0.455 e. The lowest BCUT2D eigenvalue weighted by molar-refractivity contribution is 0.670. The van der Waals surface area contributed by atoms with Crippen LogP contribution < -0.4 is 4.90 Å². The molecule has 10 aromatic carbocycles. The Kier molecular flexibility index (Phi) is 9.05. The van der Waals surface area contributed by atoms with Crippen LogP contribution in [0.25, 0.3) is 93.9 Å². The molecule has 3 heteroatoms. The van der Waals surface area contributed by atoms with Crippen molar-refractivity contribution in [1.29, 1.82) is 0 Å². The zero-order chi connectivity index (χ0) is 42.6. The predicted octanol–water partition coefficient (Wildman–Crippen LogP) is 17.1. The summed E-state index contributed by atoms with van der Waals surface area (Å²) in [6.45, 7) is 2.23. The number of benzene rings is 10. The molecule has 0 fully saturated rings. The predicted molar refractivity (Wildman–Crippen MR) is 269 cm³/mol. The first-order valence-corrected chi connectivity index (χ1v) is 21.9. The number of furan rings is 1. The van der Waals surface area contributed by atoms with Crippen molar-refractivity contribution in [2.24, 2.45) is 0 Å². The molecule has 0 aliphatic heterocycles. The summed E-state index contributed by atoms with van der Waals surface area (Å²) in [6, 6.07) is 85.1. The van der Waals surface area contributed by atoms with Gasteiger partial charge in [0.1, 0.15) is 11.2 Å². The molecular formula is C61H42N2O. The fourth-order valence-electron chi connectivity index (χ4n) is 9.76. The number of rotatable bonds is 8. The smallest absolute Gasteiger partial charge is 0.145 e. The van der Waals surface area contributed by atoms with Gasteiger partial charge in [-0.05, 0) is 118 Å². The molecule has 3 nitrogen and oxygen atoms in total. The fraction of sp³-hybridized carbons (Fsp3) is 0.0164. The molecule has 0 aliphatic rings. The normalized spacial score (nSPS) is 11.5. The van der Waals surface area contributed by atoms with Crippen molar-refractivity contribution >= 4 is 60.8 Å². The molecule has 0 atom stereocenters. The van der Waals surface area contributed by atoms with E-state index < -0.39 is 0 Å². The molecule has 0 N–H and O–H groups in total. The standard InChI is InChI=1S/C61H42N2O/c1-41-38-45(42-18-5-2-6-19-42)32-36-55(41)62(48-33-34-49(43-20-7-3-8-21-43)54(40-48)44-22-9-4-10-23-44)58-37-35-50(61-60(58)53-28-13-16-31-59(53)64-61)46-24-17-25-47(39-46)63-56-29-14-11-26-51(56)52-27-12-15-30-57(52)63/h2-40H,1H3. The van der Waals surface area contributed by atoms with Gasteiger partial charge < -0.3 is 13.9 Å². The highest BCUT2D eigenvalue weighted by Crippen LogP contribution is 2.49. The van der Waals surface area contributed by atoms with Crippen LogP contribution in [0.15, 0.2) is 241 Å². The summed E-state index contributed by atoms with van der Waals surface area (Å²) in [5.41, 5.74) is 18.7. The number of fused-ring (bicyclic) bond motifs is 6. The summed E-state index contributed by atoms with van der Waals surface area (Å²) >= 11 is 0. The number of para-hydroxylation sites is 3. The largest absolute Gasteiger partial charge is 0.455 e. The van der Waals surface area contributed by atoms with Crippen molar-refractivity contribution < 1.29 is 4.42 Å². The van der Waals surface area contributed by atoms with Crippen LogP contribution in [0.5, 0.6) is 0 Å². The molecular weight excluding hydrogens is 777 g/mol. The molecule has 2 aromatic heterocycles. The molecule has 0 amide bonds. The minimum absolute atomic E-state index is 0.852. The molecule has 0 saturated carbocycles. The molecule has 0 saturated heterocycles. The molecule has 64 heavy (non-hydrogen) atoms. The quantitative estimate of drug-likeness (QED) is 0.152. The Bertz CT molecular complexity index is 3620. The zero-order valence-electron chi connectivity index (χ0n) is 35.3. The van der Waals surface area contributed by atoms with E-state index in [0.717, 1.165) is 61.4 Å². The molecule has 0 radical (unpaired) electrons. The average molecular weight is 819 g/mol. The van der Waals surface area contributed by atoms with Crippen molar-refractivity contribution in [3.63, 3.8) is 0 Å². The highest BCUT2D eigenvalue weighted by atomic mass is 16.3. The lowest BCUT2D eigenvalue weighted by Crippen LogP contribution is -2.12. The van der Waals surface area contributed by atoms with Crippen LogP contribution in [-0.4, -0.2) is 4.57 Å². The van der Waals surface area contributed by atoms with E-state index in [2.05, 4.69) is 253 Å². The monoisotopic (exact) mass is 818 g/mol. The lowest BCUT2D eigenvalue weighted by atomic mass is 9.93. The van der Waals surface area contributed by atoms with Gasteiger partial charge in [0.05, 0.1) is 22.1 Å². The van der Waals surface area contributed by atoms with Crippen LogP contribution in [0.2, 0.25) is 0 Å². The van der Waals surface area contributed by atoms with Crippen molar-refractivity contribution in [3.8, 4) is 50.2 Å². The van der Waals surface area contributed by atoms with E-state index in [-0.39, 0.29) is 0 Å². The van der Waals surface area contributed by atoms with Gasteiger partial charge in [0.15, 0.2) is 0 Å². The highest BCUT2D eigenvalue weighted by molar-refractivity contribution is 6.17. The third-order valence-electron chi connectivity index (χ3n) is 12.7. The molecule has 2 heterocycles. The SMILES string of the molecule is Cc1cc(-c2ccccc2)ccc1N(c1ccc(-c2ccccc2)c(-c2ccccc2)c1)c1ccc(-c2cccc(-n3c4ccccc4c4ccccc43)c2)c2oc3ccccc3c12. The molecule has 12 aromatic rings. The van der Waals surface area contributed by atoms with Crippen LogP contribution in [0.4, 0.5) is 17.1 Å². The number of hydrogen-bond donors (Lipinski definition) is 0. The van der Waals surface area contributed by atoms with Gasteiger partial charge in [-0.15, -0.1) is 0 Å². The van der Waals surface area contributed by atoms with Gasteiger partial charge >= 0.3 is 0 Å². The molecule has 0 bridgehead atoms. The number of anilines is 3. The fourth-order valence-corrected chi connectivity index (χ4v) is 9.76. The molecule has 0 spiro atoms. The van der Waals surface area contributed by atoms with Gasteiger partial charge in [-0.2, -0.15) is 0 Å². The topological polar surface area (TPSA) is 21.3 Å².